The zero-order chi connectivity index (χ0) is 26.1. The van der Waals surface area contributed by atoms with Gasteiger partial charge in [-0.3, -0.25) is 9.89 Å². The van der Waals surface area contributed by atoms with Crippen LogP contribution in [-0.2, 0) is 6.42 Å². The summed E-state index contributed by atoms with van der Waals surface area (Å²) in [5.41, 5.74) is 6.50. The maximum absolute atomic E-state index is 13.7. The number of aromatic nitrogens is 2. The first-order valence-electron chi connectivity index (χ1n) is 12.4. The van der Waals surface area contributed by atoms with Crippen LogP contribution >= 0.6 is 11.6 Å². The Balaban J connectivity index is 1.53. The predicted octanol–water partition coefficient (Wildman–Crippen LogP) is 6.66. The summed E-state index contributed by atoms with van der Waals surface area (Å²) in [4.78, 5) is 15.6. The average molecular weight is 516 g/mol. The van der Waals surface area contributed by atoms with Crippen molar-refractivity contribution in [2.45, 2.75) is 32.2 Å². The van der Waals surface area contributed by atoms with Gasteiger partial charge in [0.15, 0.2) is 11.5 Å². The largest absolute Gasteiger partial charge is 0.493 e. The molecule has 0 saturated carbocycles. The minimum atomic E-state index is -0.256. The van der Waals surface area contributed by atoms with E-state index in [9.17, 15) is 4.79 Å². The normalized spacial score (nSPS) is 14.8. The molecule has 1 atom stereocenters. The van der Waals surface area contributed by atoms with E-state index in [-0.39, 0.29) is 11.9 Å². The summed E-state index contributed by atoms with van der Waals surface area (Å²) in [7, 11) is 3.25. The van der Waals surface area contributed by atoms with Crippen molar-refractivity contribution in [2.75, 3.05) is 20.8 Å². The summed E-state index contributed by atoms with van der Waals surface area (Å²) in [6, 6.07) is 21.7. The first-order valence-corrected chi connectivity index (χ1v) is 12.7. The van der Waals surface area contributed by atoms with Crippen molar-refractivity contribution in [2.24, 2.45) is 0 Å². The fourth-order valence-electron chi connectivity index (χ4n) is 4.95. The summed E-state index contributed by atoms with van der Waals surface area (Å²) in [5, 5.41) is 8.24. The van der Waals surface area contributed by atoms with Gasteiger partial charge in [-0.1, -0.05) is 67.9 Å². The molecular formula is C30H30ClN3O3. The van der Waals surface area contributed by atoms with E-state index < -0.39 is 0 Å². The van der Waals surface area contributed by atoms with Crippen molar-refractivity contribution < 1.29 is 14.3 Å². The molecule has 1 aliphatic heterocycles. The first kappa shape index (κ1) is 24.9. The number of nitrogens with one attached hydrogen (secondary N) is 1. The monoisotopic (exact) mass is 515 g/mol. The number of benzene rings is 3. The standard InChI is InChI=1S/C30H30ClN3O3/c1-18(2)20-6-8-22(9-7-20)29-26-27(21-10-12-23(31)13-11-21)32-33-28(26)30(35)34(29)16-15-19-5-14-24(36-3)25(17-19)37-4/h5-14,17-18,29H,15-16H2,1-4H3,(H,32,33). The van der Waals surface area contributed by atoms with Crippen LogP contribution in [0.25, 0.3) is 11.3 Å². The molecule has 2 heterocycles. The zero-order valence-electron chi connectivity index (χ0n) is 21.4. The number of hydrogen-bond acceptors (Lipinski definition) is 4. The highest BCUT2D eigenvalue weighted by molar-refractivity contribution is 6.30. The lowest BCUT2D eigenvalue weighted by Gasteiger charge is -2.27. The molecule has 5 rings (SSSR count). The highest BCUT2D eigenvalue weighted by Gasteiger charge is 2.42. The highest BCUT2D eigenvalue weighted by atomic mass is 35.5. The van der Waals surface area contributed by atoms with Crippen molar-refractivity contribution in [1.82, 2.24) is 15.1 Å². The van der Waals surface area contributed by atoms with E-state index in [0.717, 1.165) is 27.9 Å². The Morgan fingerprint density at radius 1 is 0.973 bits per heavy atom. The van der Waals surface area contributed by atoms with E-state index in [4.69, 9.17) is 21.1 Å². The lowest BCUT2D eigenvalue weighted by Crippen LogP contribution is -2.31. The molecule has 0 radical (unpaired) electrons. The second kappa shape index (κ2) is 10.3. The Kier molecular flexibility index (Phi) is 6.94. The highest BCUT2D eigenvalue weighted by Crippen LogP contribution is 2.43. The second-order valence-corrected chi connectivity index (χ2v) is 9.97. The lowest BCUT2D eigenvalue weighted by atomic mass is 9.93. The number of methoxy groups -OCH3 is 2. The van der Waals surface area contributed by atoms with Gasteiger partial charge in [0.1, 0.15) is 5.69 Å². The van der Waals surface area contributed by atoms with Gasteiger partial charge < -0.3 is 14.4 Å². The lowest BCUT2D eigenvalue weighted by molar-refractivity contribution is 0.0746. The Hall–Kier alpha value is -3.77. The van der Waals surface area contributed by atoms with Crippen molar-refractivity contribution >= 4 is 17.5 Å². The van der Waals surface area contributed by atoms with Gasteiger partial charge in [0.2, 0.25) is 0 Å². The summed E-state index contributed by atoms with van der Waals surface area (Å²) in [6.45, 7) is 4.89. The molecule has 6 nitrogen and oxygen atoms in total. The molecule has 1 aliphatic rings. The van der Waals surface area contributed by atoms with E-state index in [1.165, 1.54) is 5.56 Å². The Morgan fingerprint density at radius 2 is 1.68 bits per heavy atom. The number of aromatic amines is 1. The third-order valence-electron chi connectivity index (χ3n) is 6.99. The molecule has 190 valence electrons. The van der Waals surface area contributed by atoms with Gasteiger partial charge in [-0.05, 0) is 53.3 Å². The van der Waals surface area contributed by atoms with Crippen molar-refractivity contribution in [3.05, 3.63) is 99.7 Å². The molecule has 3 aromatic carbocycles. The van der Waals surface area contributed by atoms with Gasteiger partial charge >= 0.3 is 0 Å². The molecule has 4 aromatic rings. The summed E-state index contributed by atoms with van der Waals surface area (Å²) < 4.78 is 10.8. The van der Waals surface area contributed by atoms with Crippen LogP contribution in [0.4, 0.5) is 0 Å². The molecule has 1 aromatic heterocycles. The minimum absolute atomic E-state index is 0.0545. The second-order valence-electron chi connectivity index (χ2n) is 9.53. The predicted molar refractivity (Wildman–Crippen MR) is 146 cm³/mol. The summed E-state index contributed by atoms with van der Waals surface area (Å²) in [6.07, 6.45) is 0.667. The Bertz CT molecular complexity index is 1410. The number of amides is 1. The number of ether oxygens (including phenoxy) is 2. The number of fused-ring (bicyclic) bond motifs is 1. The number of hydrogen-bond donors (Lipinski definition) is 1. The number of carbonyl (C=O) groups excluding carboxylic acids is 1. The SMILES string of the molecule is COc1ccc(CCN2C(=O)c3[nH]nc(-c4ccc(Cl)cc4)c3C2c2ccc(C(C)C)cc2)cc1OC. The molecule has 0 aliphatic carbocycles. The van der Waals surface area contributed by atoms with Crippen LogP contribution in [0.1, 0.15) is 58.5 Å². The first-order chi connectivity index (χ1) is 17.9. The van der Waals surface area contributed by atoms with Crippen molar-refractivity contribution in [1.29, 1.82) is 0 Å². The van der Waals surface area contributed by atoms with Gasteiger partial charge in [0, 0.05) is 22.7 Å². The van der Waals surface area contributed by atoms with E-state index in [0.29, 0.717) is 41.1 Å². The number of H-pyrrole nitrogens is 1. The van der Waals surface area contributed by atoms with Crippen LogP contribution in [0.5, 0.6) is 11.5 Å². The molecule has 0 fully saturated rings. The summed E-state index contributed by atoms with van der Waals surface area (Å²) >= 11 is 6.13. The van der Waals surface area contributed by atoms with Gasteiger partial charge in [0.05, 0.1) is 26.0 Å². The van der Waals surface area contributed by atoms with Crippen molar-refractivity contribution in [3.63, 3.8) is 0 Å². The fraction of sp³-hybridized carbons (Fsp3) is 0.267. The third-order valence-corrected chi connectivity index (χ3v) is 7.24. The van der Waals surface area contributed by atoms with Gasteiger partial charge in [-0.25, -0.2) is 0 Å². The number of rotatable bonds is 8. The van der Waals surface area contributed by atoms with Gasteiger partial charge in [0.25, 0.3) is 5.91 Å². The minimum Gasteiger partial charge on any atom is -0.493 e. The Labute approximate surface area is 222 Å². The molecule has 37 heavy (non-hydrogen) atoms. The fourth-order valence-corrected chi connectivity index (χ4v) is 5.08. The maximum atomic E-state index is 13.7. The van der Waals surface area contributed by atoms with Crippen molar-refractivity contribution in [3.8, 4) is 22.8 Å². The topological polar surface area (TPSA) is 67.5 Å². The molecule has 1 unspecified atom stereocenters. The van der Waals surface area contributed by atoms with Crippen LogP contribution in [0.2, 0.25) is 5.02 Å². The van der Waals surface area contributed by atoms with E-state index >= 15 is 0 Å². The molecule has 1 amide bonds. The van der Waals surface area contributed by atoms with Crippen LogP contribution in [0.3, 0.4) is 0 Å². The average Bonchev–Trinajstić information content (AvgIpc) is 3.46. The molecule has 0 bridgehead atoms. The van der Waals surface area contributed by atoms with E-state index in [2.05, 4.69) is 48.3 Å². The van der Waals surface area contributed by atoms with Crippen LogP contribution in [-0.4, -0.2) is 41.8 Å². The molecular weight excluding hydrogens is 486 g/mol. The third kappa shape index (κ3) is 4.69. The van der Waals surface area contributed by atoms with E-state index in [1.807, 2.05) is 47.4 Å². The smallest absolute Gasteiger partial charge is 0.273 e. The van der Waals surface area contributed by atoms with Crippen LogP contribution < -0.4 is 9.47 Å². The quantitative estimate of drug-likeness (QED) is 0.285. The Morgan fingerprint density at radius 3 is 2.32 bits per heavy atom. The van der Waals surface area contributed by atoms with Crippen LogP contribution in [0, 0.1) is 0 Å². The number of halogens is 1. The zero-order valence-corrected chi connectivity index (χ0v) is 22.2. The maximum Gasteiger partial charge on any atom is 0.273 e. The van der Waals surface area contributed by atoms with Gasteiger partial charge in [-0.2, -0.15) is 5.10 Å². The molecule has 1 N–H and O–H groups in total. The molecule has 0 saturated heterocycles. The van der Waals surface area contributed by atoms with Crippen LogP contribution in [0.15, 0.2) is 66.7 Å². The molecule has 7 heteroatoms. The summed E-state index contributed by atoms with van der Waals surface area (Å²) in [5.74, 6) is 1.73. The van der Waals surface area contributed by atoms with Gasteiger partial charge in [-0.15, -0.1) is 0 Å². The number of carbonyl (C=O) groups is 1. The van der Waals surface area contributed by atoms with E-state index in [1.54, 1.807) is 14.2 Å². The molecule has 0 spiro atoms. The number of nitrogens with zero attached hydrogens (tertiary/aromatic N) is 2.